The smallest absolute Gasteiger partial charge is 0.203 e. The maximum absolute atomic E-state index is 11.2. The number of rotatable bonds is 2. The Balaban J connectivity index is 2.41. The van der Waals surface area contributed by atoms with Gasteiger partial charge in [0, 0.05) is 12.0 Å². The van der Waals surface area contributed by atoms with Crippen LogP contribution < -0.4 is 0 Å². The number of fused-ring (bicyclic) bond motifs is 1. The fraction of sp³-hybridized carbons (Fsp3) is 0.111. The van der Waals surface area contributed by atoms with E-state index in [0.29, 0.717) is 12.0 Å². The van der Waals surface area contributed by atoms with Gasteiger partial charge in [-0.05, 0) is 16.9 Å². The molecule has 0 unspecified atom stereocenters. The lowest BCUT2D eigenvalue weighted by Gasteiger charge is -1.97. The van der Waals surface area contributed by atoms with Crippen LogP contribution in [0.5, 0.6) is 0 Å². The molecular formula is C9H7NO2S2. The molecule has 72 valence electrons. The summed E-state index contributed by atoms with van der Waals surface area (Å²) in [6.45, 7) is 0. The minimum atomic E-state index is -0.00256. The molecule has 0 saturated carbocycles. The van der Waals surface area contributed by atoms with E-state index < -0.39 is 0 Å². The van der Waals surface area contributed by atoms with Crippen LogP contribution in [0, 0.1) is 0 Å². The van der Waals surface area contributed by atoms with Crippen molar-refractivity contribution in [2.24, 2.45) is 0 Å². The van der Waals surface area contributed by atoms with Crippen LogP contribution in [0.25, 0.3) is 11.1 Å². The van der Waals surface area contributed by atoms with E-state index in [-0.39, 0.29) is 5.12 Å². The number of nitrogens with zero attached hydrogens (tertiary/aromatic N) is 1. The highest BCUT2D eigenvalue weighted by Gasteiger charge is 2.08. The van der Waals surface area contributed by atoms with Gasteiger partial charge in [-0.15, -0.1) is 11.7 Å². The fourth-order valence-corrected chi connectivity index (χ4v) is 1.69. The van der Waals surface area contributed by atoms with Gasteiger partial charge in [-0.3, -0.25) is 4.79 Å². The van der Waals surface area contributed by atoms with Crippen LogP contribution in [-0.4, -0.2) is 10.1 Å². The van der Waals surface area contributed by atoms with E-state index in [0.717, 1.165) is 21.9 Å². The van der Waals surface area contributed by atoms with Gasteiger partial charge in [-0.2, -0.15) is 0 Å². The summed E-state index contributed by atoms with van der Waals surface area (Å²) < 4.78 is 5.20. The molecule has 0 aliphatic rings. The Morgan fingerprint density at radius 1 is 1.57 bits per heavy atom. The highest BCUT2D eigenvalue weighted by molar-refractivity contribution is 8.74. The van der Waals surface area contributed by atoms with E-state index in [1.807, 2.05) is 18.2 Å². The summed E-state index contributed by atoms with van der Waals surface area (Å²) >= 11 is 3.85. The van der Waals surface area contributed by atoms with E-state index in [1.54, 1.807) is 0 Å². The first-order valence-electron chi connectivity index (χ1n) is 3.96. The third-order valence-corrected chi connectivity index (χ3v) is 2.83. The zero-order valence-electron chi connectivity index (χ0n) is 7.14. The third-order valence-electron chi connectivity index (χ3n) is 1.87. The first-order valence-corrected chi connectivity index (χ1v) is 5.83. The lowest BCUT2D eigenvalue weighted by molar-refractivity contribution is -0.110. The Bertz CT molecular complexity index is 467. The van der Waals surface area contributed by atoms with Gasteiger partial charge in [0.25, 0.3) is 0 Å². The average molecular weight is 225 g/mol. The van der Waals surface area contributed by atoms with Crippen molar-refractivity contribution in [1.82, 2.24) is 4.98 Å². The number of carbonyl (C=O) groups is 1. The van der Waals surface area contributed by atoms with Gasteiger partial charge in [0.1, 0.15) is 5.52 Å². The normalized spacial score (nSPS) is 10.6. The van der Waals surface area contributed by atoms with Crippen molar-refractivity contribution in [2.75, 3.05) is 0 Å². The number of carbonyl (C=O) groups excluding carboxylic acids is 1. The molecule has 2 aromatic rings. The molecule has 1 aromatic carbocycles. The maximum Gasteiger partial charge on any atom is 0.203 e. The predicted molar refractivity (Wildman–Crippen MR) is 59.3 cm³/mol. The van der Waals surface area contributed by atoms with Gasteiger partial charge in [-0.1, -0.05) is 12.1 Å². The van der Waals surface area contributed by atoms with Gasteiger partial charge in [-0.25, -0.2) is 4.98 Å². The van der Waals surface area contributed by atoms with E-state index in [9.17, 15) is 4.79 Å². The molecule has 1 heterocycles. The van der Waals surface area contributed by atoms with Crippen molar-refractivity contribution in [1.29, 1.82) is 0 Å². The van der Waals surface area contributed by atoms with Gasteiger partial charge in [0.15, 0.2) is 12.0 Å². The summed E-state index contributed by atoms with van der Waals surface area (Å²) in [5.41, 5.74) is 2.31. The number of oxazole rings is 1. The second-order valence-corrected chi connectivity index (χ2v) is 3.94. The first kappa shape index (κ1) is 9.61. The molecule has 0 saturated heterocycles. The molecule has 0 bridgehead atoms. The Hall–Kier alpha value is -0.940. The van der Waals surface area contributed by atoms with E-state index in [1.165, 1.54) is 6.39 Å². The fourth-order valence-electron chi connectivity index (χ4n) is 1.27. The van der Waals surface area contributed by atoms with E-state index >= 15 is 0 Å². The van der Waals surface area contributed by atoms with Crippen molar-refractivity contribution in [3.63, 3.8) is 0 Å². The van der Waals surface area contributed by atoms with Crippen LogP contribution in [0.1, 0.15) is 5.56 Å². The minimum absolute atomic E-state index is 0.00256. The molecule has 0 atom stereocenters. The zero-order valence-corrected chi connectivity index (χ0v) is 8.85. The Morgan fingerprint density at radius 3 is 3.21 bits per heavy atom. The topological polar surface area (TPSA) is 43.1 Å². The molecule has 3 nitrogen and oxygen atoms in total. The molecule has 0 fully saturated rings. The number of thiol groups is 1. The van der Waals surface area contributed by atoms with Crippen LogP contribution >= 0.6 is 22.5 Å². The average Bonchev–Trinajstić information content (AvgIpc) is 2.66. The Kier molecular flexibility index (Phi) is 2.79. The van der Waals surface area contributed by atoms with Gasteiger partial charge in [0.05, 0.1) is 0 Å². The summed E-state index contributed by atoms with van der Waals surface area (Å²) in [5, 5.41) is -0.00256. The van der Waals surface area contributed by atoms with Crippen molar-refractivity contribution >= 4 is 38.7 Å². The predicted octanol–water partition coefficient (Wildman–Crippen LogP) is 2.47. The van der Waals surface area contributed by atoms with Crippen LogP contribution in [0.15, 0.2) is 29.0 Å². The molecule has 0 aliphatic heterocycles. The largest absolute Gasteiger partial charge is 0.443 e. The van der Waals surface area contributed by atoms with Gasteiger partial charge >= 0.3 is 0 Å². The van der Waals surface area contributed by atoms with Crippen LogP contribution in [0.4, 0.5) is 0 Å². The zero-order chi connectivity index (χ0) is 9.97. The molecule has 0 aliphatic carbocycles. The number of hydrogen-bond donors (Lipinski definition) is 1. The SMILES string of the molecule is O=C(Cc1cccc2ncoc12)SS. The second kappa shape index (κ2) is 4.06. The molecule has 2 rings (SSSR count). The third kappa shape index (κ3) is 1.78. The Labute approximate surface area is 89.7 Å². The van der Waals surface area contributed by atoms with Crippen molar-refractivity contribution < 1.29 is 9.21 Å². The summed E-state index contributed by atoms with van der Waals surface area (Å²) in [4.78, 5) is 15.2. The molecular weight excluding hydrogens is 218 g/mol. The molecule has 5 heteroatoms. The Morgan fingerprint density at radius 2 is 2.43 bits per heavy atom. The number of para-hydroxylation sites is 1. The lowest BCUT2D eigenvalue weighted by atomic mass is 10.1. The summed E-state index contributed by atoms with van der Waals surface area (Å²) in [6, 6.07) is 5.56. The van der Waals surface area contributed by atoms with Gasteiger partial charge in [0.2, 0.25) is 5.12 Å². The van der Waals surface area contributed by atoms with Gasteiger partial charge < -0.3 is 4.42 Å². The molecule has 1 aromatic heterocycles. The van der Waals surface area contributed by atoms with E-state index in [4.69, 9.17) is 4.42 Å². The molecule has 14 heavy (non-hydrogen) atoms. The summed E-state index contributed by atoms with van der Waals surface area (Å²) in [7, 11) is 0.924. The number of hydrogen-bond acceptors (Lipinski definition) is 5. The highest BCUT2D eigenvalue weighted by atomic mass is 33.1. The monoisotopic (exact) mass is 225 g/mol. The van der Waals surface area contributed by atoms with Crippen LogP contribution in [-0.2, 0) is 11.2 Å². The standard InChI is InChI=1S/C9H7NO2S2/c11-8(14-13)4-6-2-1-3-7-9(6)12-5-10-7/h1-3,5,13H,4H2. The second-order valence-electron chi connectivity index (χ2n) is 2.76. The quantitative estimate of drug-likeness (QED) is 0.630. The molecule has 0 amide bonds. The number of benzene rings is 1. The number of aromatic nitrogens is 1. The lowest BCUT2D eigenvalue weighted by Crippen LogP contribution is -1.95. The first-order chi connectivity index (χ1) is 6.81. The molecule has 0 N–H and O–H groups in total. The highest BCUT2D eigenvalue weighted by Crippen LogP contribution is 2.20. The maximum atomic E-state index is 11.2. The van der Waals surface area contributed by atoms with Crippen molar-refractivity contribution in [3.05, 3.63) is 30.2 Å². The van der Waals surface area contributed by atoms with Crippen molar-refractivity contribution in [3.8, 4) is 0 Å². The van der Waals surface area contributed by atoms with Crippen molar-refractivity contribution in [2.45, 2.75) is 6.42 Å². The van der Waals surface area contributed by atoms with Crippen LogP contribution in [0.3, 0.4) is 0 Å². The summed E-state index contributed by atoms with van der Waals surface area (Å²) in [6.07, 6.45) is 1.70. The van der Waals surface area contributed by atoms with E-state index in [2.05, 4.69) is 16.6 Å². The summed E-state index contributed by atoms with van der Waals surface area (Å²) in [5.74, 6) is 0. The molecule has 0 radical (unpaired) electrons. The molecule has 0 spiro atoms. The minimum Gasteiger partial charge on any atom is -0.443 e. The van der Waals surface area contributed by atoms with Crippen LogP contribution in [0.2, 0.25) is 0 Å².